The monoisotopic (exact) mass is 215 g/mol. The lowest BCUT2D eigenvalue weighted by Gasteiger charge is -2.04. The van der Waals surface area contributed by atoms with E-state index in [9.17, 15) is 10.1 Å². The van der Waals surface area contributed by atoms with Gasteiger partial charge in [0.25, 0.3) is 5.69 Å². The predicted octanol–water partition coefficient (Wildman–Crippen LogP) is 2.44. The van der Waals surface area contributed by atoms with Gasteiger partial charge in [-0.05, 0) is 19.1 Å². The molecule has 1 rings (SSSR count). The van der Waals surface area contributed by atoms with E-state index in [1.54, 1.807) is 19.1 Å². The highest BCUT2D eigenvalue weighted by molar-refractivity contribution is 7.26. The fourth-order valence-corrected chi connectivity index (χ4v) is 1.29. The van der Waals surface area contributed by atoms with E-state index < -0.39 is 4.92 Å². The molecule has 0 aromatic heterocycles. The Labute approximate surface area is 83.1 Å². The maximum atomic E-state index is 10.5. The van der Waals surface area contributed by atoms with Crippen molar-refractivity contribution in [3.63, 3.8) is 0 Å². The lowest BCUT2D eigenvalue weighted by atomic mass is 10.2. The molecule has 0 N–H and O–H groups in total. The van der Waals surface area contributed by atoms with E-state index in [0.29, 0.717) is 11.3 Å². The standard InChI is InChI=1S/C8H10NO4P/c1-6-5-7(13-14-12-2)3-4-8(6)9(10)11/h3-5,14H,1-2H3. The quantitative estimate of drug-likeness (QED) is 0.439. The van der Waals surface area contributed by atoms with Crippen molar-refractivity contribution in [3.8, 4) is 5.75 Å². The first-order valence-electron chi connectivity index (χ1n) is 3.85. The van der Waals surface area contributed by atoms with E-state index in [1.807, 2.05) is 0 Å². The van der Waals surface area contributed by atoms with Gasteiger partial charge >= 0.3 is 0 Å². The average molecular weight is 215 g/mol. The molecular formula is C8H10NO4P. The fourth-order valence-electron chi connectivity index (χ4n) is 0.986. The Bertz CT molecular complexity index is 342. The second-order valence-electron chi connectivity index (χ2n) is 2.59. The van der Waals surface area contributed by atoms with Gasteiger partial charge in [-0.3, -0.25) is 10.1 Å². The molecule has 0 heterocycles. The number of nitro benzene ring substituents is 1. The van der Waals surface area contributed by atoms with Crippen LogP contribution in [0.4, 0.5) is 5.69 Å². The highest BCUT2D eigenvalue weighted by Gasteiger charge is 2.10. The lowest BCUT2D eigenvalue weighted by Crippen LogP contribution is -1.91. The van der Waals surface area contributed by atoms with Gasteiger partial charge in [0.2, 0.25) is 9.03 Å². The largest absolute Gasteiger partial charge is 0.450 e. The molecule has 0 saturated heterocycles. The average Bonchev–Trinajstić information content (AvgIpc) is 2.14. The Morgan fingerprint density at radius 2 is 2.21 bits per heavy atom. The van der Waals surface area contributed by atoms with Gasteiger partial charge in [0.05, 0.1) is 4.92 Å². The van der Waals surface area contributed by atoms with E-state index >= 15 is 0 Å². The van der Waals surface area contributed by atoms with Gasteiger partial charge in [-0.1, -0.05) is 0 Å². The van der Waals surface area contributed by atoms with Gasteiger partial charge in [0, 0.05) is 18.7 Å². The number of nitro groups is 1. The number of nitrogens with zero attached hydrogens (tertiary/aromatic N) is 1. The summed E-state index contributed by atoms with van der Waals surface area (Å²) in [4.78, 5) is 10.1. The Kier molecular flexibility index (Phi) is 3.80. The van der Waals surface area contributed by atoms with Crippen LogP contribution in [0.5, 0.6) is 5.75 Å². The molecule has 1 atom stereocenters. The first kappa shape index (κ1) is 10.9. The molecule has 0 aliphatic heterocycles. The molecule has 0 bridgehead atoms. The number of rotatable bonds is 4. The van der Waals surface area contributed by atoms with Gasteiger partial charge in [-0.15, -0.1) is 0 Å². The predicted molar refractivity (Wildman–Crippen MR) is 53.8 cm³/mol. The van der Waals surface area contributed by atoms with Crippen molar-refractivity contribution in [2.75, 3.05) is 7.11 Å². The molecule has 6 heteroatoms. The van der Waals surface area contributed by atoms with Crippen LogP contribution in [0.1, 0.15) is 5.56 Å². The molecule has 1 unspecified atom stereocenters. The first-order chi connectivity index (χ1) is 6.65. The summed E-state index contributed by atoms with van der Waals surface area (Å²) in [6, 6.07) is 4.59. The molecule has 0 amide bonds. The van der Waals surface area contributed by atoms with Crippen LogP contribution in [0.25, 0.3) is 0 Å². The zero-order chi connectivity index (χ0) is 10.6. The maximum absolute atomic E-state index is 10.5. The second-order valence-corrected chi connectivity index (χ2v) is 3.37. The van der Waals surface area contributed by atoms with Crippen molar-refractivity contribution in [1.29, 1.82) is 0 Å². The molecule has 1 aromatic carbocycles. The van der Waals surface area contributed by atoms with E-state index in [4.69, 9.17) is 9.05 Å². The highest BCUT2D eigenvalue weighted by Crippen LogP contribution is 2.26. The molecular weight excluding hydrogens is 205 g/mol. The third kappa shape index (κ3) is 2.65. The third-order valence-electron chi connectivity index (χ3n) is 1.61. The van der Waals surface area contributed by atoms with Crippen LogP contribution in [-0.2, 0) is 4.52 Å². The van der Waals surface area contributed by atoms with Crippen LogP contribution in [0.2, 0.25) is 0 Å². The number of benzene rings is 1. The van der Waals surface area contributed by atoms with E-state index in [2.05, 4.69) is 0 Å². The topological polar surface area (TPSA) is 61.6 Å². The van der Waals surface area contributed by atoms with Gasteiger partial charge in [-0.25, -0.2) is 0 Å². The number of aryl methyl sites for hydroxylation is 1. The maximum Gasteiger partial charge on any atom is 0.272 e. The summed E-state index contributed by atoms with van der Waals surface area (Å²) in [5, 5.41) is 10.5. The Morgan fingerprint density at radius 3 is 2.71 bits per heavy atom. The molecule has 0 aliphatic rings. The minimum Gasteiger partial charge on any atom is -0.450 e. The van der Waals surface area contributed by atoms with Crippen LogP contribution < -0.4 is 4.52 Å². The minimum absolute atomic E-state index is 0.0899. The lowest BCUT2D eigenvalue weighted by molar-refractivity contribution is -0.385. The minimum atomic E-state index is -0.419. The van der Waals surface area contributed by atoms with E-state index in [1.165, 1.54) is 13.2 Å². The third-order valence-corrected chi connectivity index (χ3v) is 2.09. The molecule has 1 aromatic rings. The van der Waals surface area contributed by atoms with Gasteiger partial charge in [0.15, 0.2) is 0 Å². The second kappa shape index (κ2) is 4.88. The summed E-state index contributed by atoms with van der Waals surface area (Å²) in [6.45, 7) is 1.67. The molecule has 0 radical (unpaired) electrons. The molecule has 5 nitrogen and oxygen atoms in total. The molecule has 0 saturated carbocycles. The van der Waals surface area contributed by atoms with Gasteiger partial charge in [0.1, 0.15) is 5.75 Å². The molecule has 0 fully saturated rings. The Balaban J connectivity index is 2.83. The van der Waals surface area contributed by atoms with Crippen molar-refractivity contribution in [1.82, 2.24) is 0 Å². The van der Waals surface area contributed by atoms with Crippen molar-refractivity contribution >= 4 is 14.7 Å². The van der Waals surface area contributed by atoms with Crippen LogP contribution in [0.15, 0.2) is 18.2 Å². The number of hydrogen-bond donors (Lipinski definition) is 0. The summed E-state index contributed by atoms with van der Waals surface area (Å²) in [7, 11) is 1.43. The van der Waals surface area contributed by atoms with Crippen LogP contribution in [0, 0.1) is 17.0 Å². The zero-order valence-electron chi connectivity index (χ0n) is 7.81. The molecule has 0 aliphatic carbocycles. The van der Waals surface area contributed by atoms with Crippen LogP contribution in [-0.4, -0.2) is 12.0 Å². The molecule has 76 valence electrons. The van der Waals surface area contributed by atoms with Crippen molar-refractivity contribution in [3.05, 3.63) is 33.9 Å². The van der Waals surface area contributed by atoms with Crippen molar-refractivity contribution in [2.45, 2.75) is 6.92 Å². The van der Waals surface area contributed by atoms with E-state index in [0.717, 1.165) is 0 Å². The van der Waals surface area contributed by atoms with Crippen molar-refractivity contribution < 1.29 is 14.0 Å². The van der Waals surface area contributed by atoms with Gasteiger partial charge in [-0.2, -0.15) is 0 Å². The van der Waals surface area contributed by atoms with E-state index in [-0.39, 0.29) is 14.7 Å². The smallest absolute Gasteiger partial charge is 0.272 e. The summed E-state index contributed by atoms with van der Waals surface area (Å²) in [6.07, 6.45) is 0. The Hall–Kier alpha value is -1.19. The number of hydrogen-bond acceptors (Lipinski definition) is 4. The fraction of sp³-hybridized carbons (Fsp3) is 0.250. The van der Waals surface area contributed by atoms with Gasteiger partial charge < -0.3 is 9.05 Å². The summed E-state index contributed by atoms with van der Waals surface area (Å²) in [5.74, 6) is 0.577. The summed E-state index contributed by atoms with van der Waals surface area (Å²) < 4.78 is 9.89. The first-order valence-corrected chi connectivity index (χ1v) is 4.66. The normalized spacial score (nSPS) is 10.7. The Morgan fingerprint density at radius 1 is 1.50 bits per heavy atom. The highest BCUT2D eigenvalue weighted by atomic mass is 31.1. The van der Waals surface area contributed by atoms with Crippen molar-refractivity contribution in [2.24, 2.45) is 0 Å². The van der Waals surface area contributed by atoms with Crippen LogP contribution >= 0.6 is 9.03 Å². The molecule has 14 heavy (non-hydrogen) atoms. The molecule has 0 spiro atoms. The SMILES string of the molecule is COPOc1ccc([N+](=O)[O-])c(C)c1. The summed E-state index contributed by atoms with van der Waals surface area (Å²) in [5.41, 5.74) is 0.673. The summed E-state index contributed by atoms with van der Waals surface area (Å²) >= 11 is 0. The van der Waals surface area contributed by atoms with Crippen LogP contribution in [0.3, 0.4) is 0 Å². The zero-order valence-corrected chi connectivity index (χ0v) is 8.81.